The van der Waals surface area contributed by atoms with Crippen molar-refractivity contribution in [2.75, 3.05) is 6.73 Å². The van der Waals surface area contributed by atoms with Gasteiger partial charge in [-0.2, -0.15) is 8.42 Å². The van der Waals surface area contributed by atoms with Crippen molar-refractivity contribution in [3.05, 3.63) is 35.9 Å². The molecule has 0 unspecified atom stereocenters. The van der Waals surface area contributed by atoms with Crippen LogP contribution in [0.5, 0.6) is 5.75 Å². The Bertz CT molecular complexity index is 802. The van der Waals surface area contributed by atoms with Gasteiger partial charge in [0.1, 0.15) is 11.6 Å². The summed E-state index contributed by atoms with van der Waals surface area (Å²) in [5.74, 6) is -0.383. The quantitative estimate of drug-likeness (QED) is 0.0765. The van der Waals surface area contributed by atoms with E-state index in [0.29, 0.717) is 6.42 Å². The van der Waals surface area contributed by atoms with Gasteiger partial charge in [0.15, 0.2) is 11.5 Å². The number of unbranched alkanes of at least 4 members (excludes halogenated alkanes) is 11. The van der Waals surface area contributed by atoms with Gasteiger partial charge in [-0.05, 0) is 44.2 Å². The third-order valence-corrected chi connectivity index (χ3v) is 6.33. The van der Waals surface area contributed by atoms with Crippen LogP contribution in [0.4, 0.5) is 0 Å². The van der Waals surface area contributed by atoms with Crippen LogP contribution in [0.1, 0.15) is 109 Å². The number of ketones is 1. The van der Waals surface area contributed by atoms with Gasteiger partial charge in [-0.3, -0.25) is 15.1 Å². The molecule has 0 aromatic heterocycles. The summed E-state index contributed by atoms with van der Waals surface area (Å²) < 4.78 is 37.6. The third kappa shape index (κ3) is 14.3. The van der Waals surface area contributed by atoms with E-state index in [2.05, 4.69) is 19.1 Å². The van der Waals surface area contributed by atoms with E-state index in [9.17, 15) is 17.8 Å². The molecular weight excluding hydrogens is 449 g/mol. The molecule has 1 aromatic carbocycles. The molecule has 0 atom stereocenters. The van der Waals surface area contributed by atoms with Crippen molar-refractivity contribution in [2.45, 2.75) is 102 Å². The summed E-state index contributed by atoms with van der Waals surface area (Å²) in [5.41, 5.74) is 5.50. The van der Waals surface area contributed by atoms with Crippen LogP contribution in [0.15, 0.2) is 35.2 Å². The van der Waals surface area contributed by atoms with E-state index in [1.807, 2.05) is 0 Å². The number of Topliss-reactive ketones (excluding diaryl/α,β-unsaturated/α-hetero) is 1. The zero-order chi connectivity index (χ0) is 23.7. The van der Waals surface area contributed by atoms with Crippen LogP contribution in [0.3, 0.4) is 0 Å². The summed E-state index contributed by atoms with van der Waals surface area (Å²) in [6, 6.07) is 4.11. The van der Waals surface area contributed by atoms with Gasteiger partial charge in [0.05, 0.1) is 5.56 Å². The van der Waals surface area contributed by atoms with E-state index in [-0.39, 0.29) is 54.8 Å². The van der Waals surface area contributed by atoms with Crippen molar-refractivity contribution in [1.29, 1.82) is 0 Å². The van der Waals surface area contributed by atoms with Crippen molar-refractivity contribution in [3.8, 4) is 5.75 Å². The first-order valence-corrected chi connectivity index (χ1v) is 13.5. The van der Waals surface area contributed by atoms with E-state index < -0.39 is 15.0 Å². The van der Waals surface area contributed by atoms with Gasteiger partial charge in [0.2, 0.25) is 0 Å². The smallest absolute Gasteiger partial charge is 1.00 e. The SMILES string of the molecule is CCCCCCCC/C=C\CCCCCCCC(=O)c1cccc(S(=O)(=O)O)c1OCN.[H-].[Na+]. The summed E-state index contributed by atoms with van der Waals surface area (Å²) >= 11 is 0. The maximum Gasteiger partial charge on any atom is 1.00 e. The minimum absolute atomic E-state index is 0. The Morgan fingerprint density at radius 2 is 1.52 bits per heavy atom. The molecule has 0 bridgehead atoms. The van der Waals surface area contributed by atoms with Gasteiger partial charge in [-0.25, -0.2) is 0 Å². The molecule has 0 aliphatic heterocycles. The second-order valence-electron chi connectivity index (χ2n) is 8.18. The first-order valence-electron chi connectivity index (χ1n) is 12.0. The Labute approximate surface area is 224 Å². The molecule has 6 nitrogen and oxygen atoms in total. The molecule has 0 fully saturated rings. The van der Waals surface area contributed by atoms with Crippen LogP contribution in [-0.2, 0) is 10.1 Å². The zero-order valence-electron chi connectivity index (χ0n) is 21.6. The number of allylic oxidation sites excluding steroid dienone is 2. The Kier molecular flexibility index (Phi) is 19.2. The average Bonchev–Trinajstić information content (AvgIpc) is 2.76. The number of benzene rings is 1. The molecule has 0 spiro atoms. The summed E-state index contributed by atoms with van der Waals surface area (Å²) in [7, 11) is -4.50. The second-order valence-corrected chi connectivity index (χ2v) is 9.57. The Balaban J connectivity index is 0. The molecule has 3 N–H and O–H groups in total. The van der Waals surface area contributed by atoms with Crippen molar-refractivity contribution >= 4 is 15.9 Å². The van der Waals surface area contributed by atoms with Gasteiger partial charge < -0.3 is 6.16 Å². The zero-order valence-corrected chi connectivity index (χ0v) is 23.4. The normalized spacial score (nSPS) is 11.5. The van der Waals surface area contributed by atoms with Crippen LogP contribution in [-0.4, -0.2) is 25.5 Å². The molecule has 0 radical (unpaired) electrons. The van der Waals surface area contributed by atoms with E-state index in [4.69, 9.17) is 10.5 Å². The number of rotatable bonds is 19. The summed E-state index contributed by atoms with van der Waals surface area (Å²) in [4.78, 5) is 12.1. The second kappa shape index (κ2) is 19.6. The number of carbonyl (C=O) groups is 1. The maximum absolute atomic E-state index is 12.5. The van der Waals surface area contributed by atoms with E-state index in [1.165, 1.54) is 63.1 Å². The van der Waals surface area contributed by atoms with Crippen LogP contribution < -0.4 is 40.0 Å². The molecule has 0 saturated carbocycles. The first kappa shape index (κ1) is 32.3. The molecule has 0 amide bonds. The monoisotopic (exact) mass is 491 g/mol. The standard InChI is InChI=1S/C25H41NO5S.Na.H/c1-2-3-4-5-6-7-8-9-10-11-12-13-14-15-16-19-23(27)22-18-17-20-24(32(28,29)30)25(22)31-21-26;;/h9-10,17-18,20H,2-8,11-16,19,21,26H2,1H3,(H,28,29,30);;/q;+1;-1/b10-9-;;. The number of ether oxygens (including phenoxy) is 1. The van der Waals surface area contributed by atoms with Crippen molar-refractivity contribution in [1.82, 2.24) is 0 Å². The van der Waals surface area contributed by atoms with Gasteiger partial charge in [-0.1, -0.05) is 76.5 Å². The molecule has 0 saturated heterocycles. The molecular formula is C25H42NNaO5S. The fraction of sp³-hybridized carbons (Fsp3) is 0.640. The molecule has 1 aromatic rings. The van der Waals surface area contributed by atoms with E-state index in [0.717, 1.165) is 38.5 Å². The van der Waals surface area contributed by atoms with Crippen molar-refractivity contribution in [3.63, 3.8) is 0 Å². The van der Waals surface area contributed by atoms with Gasteiger partial charge in [-0.15, -0.1) is 0 Å². The largest absolute Gasteiger partial charge is 1.00 e. The minimum Gasteiger partial charge on any atom is -1.00 e. The van der Waals surface area contributed by atoms with E-state index in [1.54, 1.807) is 0 Å². The molecule has 8 heteroatoms. The van der Waals surface area contributed by atoms with Gasteiger partial charge in [0.25, 0.3) is 10.1 Å². The number of hydrogen-bond donors (Lipinski definition) is 2. The van der Waals surface area contributed by atoms with Gasteiger partial charge >= 0.3 is 29.6 Å². The molecule has 0 heterocycles. The molecule has 33 heavy (non-hydrogen) atoms. The van der Waals surface area contributed by atoms with Gasteiger partial charge in [0, 0.05) is 6.42 Å². The molecule has 0 aliphatic carbocycles. The molecule has 0 aliphatic rings. The van der Waals surface area contributed by atoms with Crippen LogP contribution in [0.2, 0.25) is 0 Å². The fourth-order valence-corrected chi connectivity index (χ4v) is 4.32. The Morgan fingerprint density at radius 3 is 2.06 bits per heavy atom. The Hall–Kier alpha value is -0.700. The summed E-state index contributed by atoms with van der Waals surface area (Å²) in [6.07, 6.45) is 20.2. The molecule has 184 valence electrons. The number of carbonyl (C=O) groups excluding carboxylic acids is 1. The fourth-order valence-electron chi connectivity index (χ4n) is 3.66. The van der Waals surface area contributed by atoms with E-state index >= 15 is 0 Å². The topological polar surface area (TPSA) is 107 Å². The maximum atomic E-state index is 12.5. The number of nitrogens with two attached hydrogens (primary N) is 1. The first-order chi connectivity index (χ1) is 15.4. The van der Waals surface area contributed by atoms with Crippen molar-refractivity contribution < 1.29 is 53.5 Å². The predicted octanol–water partition coefficient (Wildman–Crippen LogP) is 3.57. The number of hydrogen-bond acceptors (Lipinski definition) is 5. The third-order valence-electron chi connectivity index (χ3n) is 5.45. The summed E-state index contributed by atoms with van der Waals surface area (Å²) in [5, 5.41) is 0. The van der Waals surface area contributed by atoms with Crippen LogP contribution >= 0.6 is 0 Å². The average molecular weight is 492 g/mol. The number of para-hydroxylation sites is 1. The predicted molar refractivity (Wildman–Crippen MR) is 131 cm³/mol. The minimum atomic E-state index is -4.50. The molecule has 1 rings (SSSR count). The van der Waals surface area contributed by atoms with Crippen LogP contribution in [0, 0.1) is 0 Å². The summed E-state index contributed by atoms with van der Waals surface area (Å²) in [6.45, 7) is 1.95. The Morgan fingerprint density at radius 1 is 0.970 bits per heavy atom. The van der Waals surface area contributed by atoms with Crippen LogP contribution in [0.25, 0.3) is 0 Å². The van der Waals surface area contributed by atoms with Crippen molar-refractivity contribution in [2.24, 2.45) is 5.73 Å².